The SMILES string of the molecule is CCSc1ccccc1C(=O)N1CCC(Oc2ccncc2)C1. The number of benzene rings is 1. The maximum atomic E-state index is 12.8. The number of aromatic nitrogens is 1. The molecule has 0 spiro atoms. The van der Waals surface area contributed by atoms with Crippen molar-refractivity contribution < 1.29 is 9.53 Å². The number of pyridine rings is 1. The van der Waals surface area contributed by atoms with Crippen molar-refractivity contribution in [2.45, 2.75) is 24.3 Å². The summed E-state index contributed by atoms with van der Waals surface area (Å²) < 4.78 is 5.93. The number of hydrogen-bond donors (Lipinski definition) is 0. The number of nitrogens with zero attached hydrogens (tertiary/aromatic N) is 2. The van der Waals surface area contributed by atoms with Crippen LogP contribution in [0, 0.1) is 0 Å². The molecule has 0 bridgehead atoms. The Morgan fingerprint density at radius 2 is 2.09 bits per heavy atom. The maximum absolute atomic E-state index is 12.8. The smallest absolute Gasteiger partial charge is 0.255 e. The Morgan fingerprint density at radius 1 is 1.30 bits per heavy atom. The van der Waals surface area contributed by atoms with Crippen molar-refractivity contribution in [1.29, 1.82) is 0 Å². The van der Waals surface area contributed by atoms with Gasteiger partial charge in [0.15, 0.2) is 0 Å². The van der Waals surface area contributed by atoms with E-state index in [-0.39, 0.29) is 12.0 Å². The van der Waals surface area contributed by atoms with Gasteiger partial charge < -0.3 is 9.64 Å². The third-order valence-electron chi connectivity index (χ3n) is 3.80. The Morgan fingerprint density at radius 3 is 2.87 bits per heavy atom. The van der Waals surface area contributed by atoms with Crippen LogP contribution < -0.4 is 4.74 Å². The van der Waals surface area contributed by atoms with Crippen LogP contribution in [0.3, 0.4) is 0 Å². The van der Waals surface area contributed by atoms with Crippen molar-refractivity contribution >= 4 is 17.7 Å². The van der Waals surface area contributed by atoms with Crippen molar-refractivity contribution in [3.63, 3.8) is 0 Å². The highest BCUT2D eigenvalue weighted by molar-refractivity contribution is 7.99. The van der Waals surface area contributed by atoms with Gasteiger partial charge in [-0.3, -0.25) is 9.78 Å². The van der Waals surface area contributed by atoms with E-state index in [0.717, 1.165) is 34.9 Å². The Kier molecular flexibility index (Phi) is 5.18. The summed E-state index contributed by atoms with van der Waals surface area (Å²) in [4.78, 5) is 19.7. The minimum Gasteiger partial charge on any atom is -0.488 e. The normalized spacial score (nSPS) is 17.3. The molecule has 0 radical (unpaired) electrons. The van der Waals surface area contributed by atoms with Crippen molar-refractivity contribution in [3.05, 3.63) is 54.4 Å². The Bertz CT molecular complexity index is 663. The summed E-state index contributed by atoms with van der Waals surface area (Å²) in [6, 6.07) is 11.5. The van der Waals surface area contributed by atoms with Crippen LogP contribution in [0.4, 0.5) is 0 Å². The highest BCUT2D eigenvalue weighted by Gasteiger charge is 2.29. The van der Waals surface area contributed by atoms with Gasteiger partial charge in [0.1, 0.15) is 11.9 Å². The van der Waals surface area contributed by atoms with E-state index in [1.54, 1.807) is 24.2 Å². The zero-order valence-corrected chi connectivity index (χ0v) is 14.0. The van der Waals surface area contributed by atoms with E-state index < -0.39 is 0 Å². The molecule has 2 aromatic rings. The average molecular weight is 328 g/mol. The van der Waals surface area contributed by atoms with E-state index >= 15 is 0 Å². The number of ether oxygens (including phenoxy) is 1. The van der Waals surface area contributed by atoms with Crippen LogP contribution in [0.15, 0.2) is 53.7 Å². The van der Waals surface area contributed by atoms with Crippen LogP contribution in [-0.4, -0.2) is 40.7 Å². The molecule has 1 unspecified atom stereocenters. The van der Waals surface area contributed by atoms with Gasteiger partial charge in [0, 0.05) is 30.3 Å². The first kappa shape index (κ1) is 15.9. The molecule has 1 amide bonds. The van der Waals surface area contributed by atoms with E-state index in [2.05, 4.69) is 11.9 Å². The molecule has 1 atom stereocenters. The first-order chi connectivity index (χ1) is 11.3. The van der Waals surface area contributed by atoms with E-state index in [0.29, 0.717) is 6.54 Å². The molecule has 1 aliphatic rings. The molecule has 120 valence electrons. The molecule has 5 heteroatoms. The second-order valence-corrected chi connectivity index (χ2v) is 6.70. The molecule has 0 saturated carbocycles. The van der Waals surface area contributed by atoms with Gasteiger partial charge >= 0.3 is 0 Å². The van der Waals surface area contributed by atoms with Gasteiger partial charge in [-0.05, 0) is 30.0 Å². The number of rotatable bonds is 5. The van der Waals surface area contributed by atoms with Crippen LogP contribution in [0.1, 0.15) is 23.7 Å². The van der Waals surface area contributed by atoms with Gasteiger partial charge in [-0.2, -0.15) is 0 Å². The number of carbonyl (C=O) groups excluding carboxylic acids is 1. The lowest BCUT2D eigenvalue weighted by atomic mass is 10.2. The molecule has 1 aliphatic heterocycles. The van der Waals surface area contributed by atoms with Crippen LogP contribution in [0.2, 0.25) is 0 Å². The molecular weight excluding hydrogens is 308 g/mol. The summed E-state index contributed by atoms with van der Waals surface area (Å²) in [5.41, 5.74) is 0.795. The van der Waals surface area contributed by atoms with Crippen molar-refractivity contribution in [3.8, 4) is 5.75 Å². The lowest BCUT2D eigenvalue weighted by molar-refractivity contribution is 0.0769. The number of hydrogen-bond acceptors (Lipinski definition) is 4. The predicted molar refractivity (Wildman–Crippen MR) is 92.0 cm³/mol. The third-order valence-corrected chi connectivity index (χ3v) is 4.76. The lowest BCUT2D eigenvalue weighted by Gasteiger charge is -2.18. The zero-order valence-electron chi connectivity index (χ0n) is 13.1. The molecule has 4 nitrogen and oxygen atoms in total. The van der Waals surface area contributed by atoms with Crippen molar-refractivity contribution in [2.24, 2.45) is 0 Å². The summed E-state index contributed by atoms with van der Waals surface area (Å²) in [6.07, 6.45) is 4.33. The number of amides is 1. The summed E-state index contributed by atoms with van der Waals surface area (Å²) >= 11 is 1.71. The monoisotopic (exact) mass is 328 g/mol. The van der Waals surface area contributed by atoms with Crippen LogP contribution in [0.5, 0.6) is 5.75 Å². The molecule has 1 fully saturated rings. The number of likely N-dealkylation sites (tertiary alicyclic amines) is 1. The van der Waals surface area contributed by atoms with Gasteiger partial charge in [0.05, 0.1) is 12.1 Å². The Labute approximate surface area is 140 Å². The molecule has 3 rings (SSSR count). The fraction of sp³-hybridized carbons (Fsp3) is 0.333. The first-order valence-corrected chi connectivity index (χ1v) is 8.84. The molecule has 0 N–H and O–H groups in total. The van der Waals surface area contributed by atoms with E-state index in [1.807, 2.05) is 41.3 Å². The van der Waals surface area contributed by atoms with Gasteiger partial charge in [-0.15, -0.1) is 11.8 Å². The molecule has 23 heavy (non-hydrogen) atoms. The zero-order chi connectivity index (χ0) is 16.1. The Balaban J connectivity index is 1.66. The molecule has 1 saturated heterocycles. The number of thioether (sulfide) groups is 1. The second kappa shape index (κ2) is 7.51. The van der Waals surface area contributed by atoms with Crippen LogP contribution in [-0.2, 0) is 0 Å². The molecule has 2 heterocycles. The van der Waals surface area contributed by atoms with Gasteiger partial charge in [-0.25, -0.2) is 0 Å². The minimum absolute atomic E-state index is 0.0485. The largest absolute Gasteiger partial charge is 0.488 e. The molecule has 1 aromatic heterocycles. The maximum Gasteiger partial charge on any atom is 0.255 e. The molecular formula is C18H20N2O2S. The van der Waals surface area contributed by atoms with E-state index in [1.165, 1.54) is 0 Å². The highest BCUT2D eigenvalue weighted by Crippen LogP contribution is 2.25. The van der Waals surface area contributed by atoms with Crippen molar-refractivity contribution in [2.75, 3.05) is 18.8 Å². The summed E-state index contributed by atoms with van der Waals surface area (Å²) in [5, 5.41) is 0. The quantitative estimate of drug-likeness (QED) is 0.788. The number of carbonyl (C=O) groups is 1. The lowest BCUT2D eigenvalue weighted by Crippen LogP contribution is -2.31. The Hall–Kier alpha value is -2.01. The van der Waals surface area contributed by atoms with E-state index in [4.69, 9.17) is 4.74 Å². The predicted octanol–water partition coefficient (Wildman–Crippen LogP) is 3.49. The minimum atomic E-state index is 0.0485. The van der Waals surface area contributed by atoms with Crippen molar-refractivity contribution in [1.82, 2.24) is 9.88 Å². The second-order valence-electron chi connectivity index (χ2n) is 5.39. The van der Waals surface area contributed by atoms with Gasteiger partial charge in [-0.1, -0.05) is 19.1 Å². The topological polar surface area (TPSA) is 42.4 Å². The third kappa shape index (κ3) is 3.85. The fourth-order valence-corrected chi connectivity index (χ4v) is 3.51. The summed E-state index contributed by atoms with van der Waals surface area (Å²) in [7, 11) is 0. The van der Waals surface area contributed by atoms with Gasteiger partial charge in [0.2, 0.25) is 0 Å². The highest BCUT2D eigenvalue weighted by atomic mass is 32.2. The van der Waals surface area contributed by atoms with Crippen LogP contribution in [0.25, 0.3) is 0 Å². The summed E-state index contributed by atoms with van der Waals surface area (Å²) in [6.45, 7) is 3.46. The van der Waals surface area contributed by atoms with E-state index in [9.17, 15) is 4.79 Å². The first-order valence-electron chi connectivity index (χ1n) is 7.85. The summed E-state index contributed by atoms with van der Waals surface area (Å²) in [5.74, 6) is 1.86. The standard InChI is InChI=1S/C18H20N2O2S/c1-2-23-17-6-4-3-5-16(17)18(21)20-12-9-15(13-20)22-14-7-10-19-11-8-14/h3-8,10-11,15H,2,9,12-13H2,1H3. The molecule has 0 aliphatic carbocycles. The fourth-order valence-electron chi connectivity index (χ4n) is 2.71. The molecule has 1 aromatic carbocycles. The van der Waals surface area contributed by atoms with Gasteiger partial charge in [0.25, 0.3) is 5.91 Å². The average Bonchev–Trinajstić information content (AvgIpc) is 3.04. The van der Waals surface area contributed by atoms with Crippen LogP contribution >= 0.6 is 11.8 Å².